The Kier molecular flexibility index (Phi) is 3.39. The fourth-order valence-electron chi connectivity index (χ4n) is 1.64. The number of benzene rings is 1. The van der Waals surface area contributed by atoms with Crippen LogP contribution in [0.15, 0.2) is 18.2 Å². The second-order valence-corrected chi connectivity index (χ2v) is 4.70. The summed E-state index contributed by atoms with van der Waals surface area (Å²) in [6.45, 7) is 4.41. The third-order valence-corrected chi connectivity index (χ3v) is 3.77. The molecule has 0 fully saturated rings. The van der Waals surface area contributed by atoms with Gasteiger partial charge in [0.15, 0.2) is 0 Å². The van der Waals surface area contributed by atoms with E-state index in [0.29, 0.717) is 6.04 Å². The Balaban J connectivity index is 2.30. The Morgan fingerprint density at radius 2 is 2.07 bits per heavy atom. The van der Waals surface area contributed by atoms with Crippen molar-refractivity contribution in [3.8, 4) is 0 Å². The predicted octanol–water partition coefficient (Wildman–Crippen LogP) is 2.29. The molecule has 0 radical (unpaired) electrons. The maximum absolute atomic E-state index is 4.45. The first-order valence-electron chi connectivity index (χ1n) is 5.33. The predicted molar refractivity (Wildman–Crippen MR) is 64.5 cm³/mol. The van der Waals surface area contributed by atoms with Gasteiger partial charge in [0.25, 0.3) is 0 Å². The van der Waals surface area contributed by atoms with E-state index in [4.69, 9.17) is 0 Å². The zero-order valence-electron chi connectivity index (χ0n) is 9.03. The van der Waals surface area contributed by atoms with Crippen molar-refractivity contribution < 1.29 is 0 Å². The summed E-state index contributed by atoms with van der Waals surface area (Å²) in [6, 6.07) is 6.72. The van der Waals surface area contributed by atoms with E-state index >= 15 is 0 Å². The second-order valence-electron chi connectivity index (χ2n) is 3.60. The molecule has 0 saturated carbocycles. The summed E-state index contributed by atoms with van der Waals surface area (Å²) in [4.78, 5) is 0. The van der Waals surface area contributed by atoms with E-state index < -0.39 is 0 Å². The standard InChI is InChI=1S/C11H15N3Se/c1-3-8(4-2)12-9-6-5-7-10-11(9)14-15-13-10/h5-8,12H,3-4H2,1-2H3. The second kappa shape index (κ2) is 4.77. The molecule has 0 bridgehead atoms. The number of hydrogen-bond acceptors (Lipinski definition) is 3. The number of anilines is 1. The molecular formula is C11H15N3Se. The summed E-state index contributed by atoms with van der Waals surface area (Å²) in [5.74, 6) is 0. The van der Waals surface area contributed by atoms with Gasteiger partial charge in [0.2, 0.25) is 0 Å². The van der Waals surface area contributed by atoms with Crippen molar-refractivity contribution in [2.45, 2.75) is 32.7 Å². The first-order chi connectivity index (χ1) is 7.35. The van der Waals surface area contributed by atoms with Crippen LogP contribution >= 0.6 is 0 Å². The molecule has 2 rings (SSSR count). The van der Waals surface area contributed by atoms with Crippen LogP contribution in [0.2, 0.25) is 0 Å². The van der Waals surface area contributed by atoms with Crippen LogP contribution in [0.4, 0.5) is 5.69 Å². The van der Waals surface area contributed by atoms with Crippen LogP contribution < -0.4 is 5.32 Å². The first kappa shape index (κ1) is 10.7. The third kappa shape index (κ3) is 2.21. The summed E-state index contributed by atoms with van der Waals surface area (Å²) in [7, 11) is 0. The van der Waals surface area contributed by atoms with Gasteiger partial charge < -0.3 is 0 Å². The van der Waals surface area contributed by atoms with Crippen LogP contribution in [-0.2, 0) is 0 Å². The molecule has 0 aliphatic carbocycles. The van der Waals surface area contributed by atoms with Crippen LogP contribution in [0.1, 0.15) is 26.7 Å². The van der Waals surface area contributed by atoms with E-state index in [1.807, 2.05) is 12.1 Å². The van der Waals surface area contributed by atoms with Crippen LogP contribution in [0.3, 0.4) is 0 Å². The van der Waals surface area contributed by atoms with Gasteiger partial charge in [0.1, 0.15) is 0 Å². The number of fused-ring (bicyclic) bond motifs is 1. The number of nitrogens with zero attached hydrogens (tertiary/aromatic N) is 2. The van der Waals surface area contributed by atoms with Crippen molar-refractivity contribution in [2.24, 2.45) is 0 Å². The van der Waals surface area contributed by atoms with E-state index in [1.165, 1.54) is 0 Å². The summed E-state index contributed by atoms with van der Waals surface area (Å²) >= 11 is 0.0635. The molecule has 3 nitrogen and oxygen atoms in total. The van der Waals surface area contributed by atoms with Gasteiger partial charge >= 0.3 is 95.9 Å². The zero-order valence-corrected chi connectivity index (χ0v) is 10.7. The summed E-state index contributed by atoms with van der Waals surface area (Å²) in [5.41, 5.74) is 3.25. The molecule has 80 valence electrons. The van der Waals surface area contributed by atoms with Crippen LogP contribution in [0.5, 0.6) is 0 Å². The van der Waals surface area contributed by atoms with E-state index in [9.17, 15) is 0 Å². The van der Waals surface area contributed by atoms with Gasteiger partial charge in [-0.05, 0) is 0 Å². The van der Waals surface area contributed by atoms with Gasteiger partial charge in [-0.15, -0.1) is 0 Å². The molecule has 0 amide bonds. The summed E-state index contributed by atoms with van der Waals surface area (Å²) in [5, 5.41) is 3.53. The van der Waals surface area contributed by atoms with Gasteiger partial charge in [0, 0.05) is 0 Å². The molecule has 4 heteroatoms. The molecule has 0 aliphatic rings. The maximum atomic E-state index is 4.45. The normalized spacial score (nSPS) is 11.1. The van der Waals surface area contributed by atoms with E-state index in [1.54, 1.807) is 0 Å². The van der Waals surface area contributed by atoms with E-state index in [0.717, 1.165) is 29.6 Å². The minimum absolute atomic E-state index is 0.0635. The van der Waals surface area contributed by atoms with Crippen molar-refractivity contribution in [2.75, 3.05) is 5.32 Å². The average molecular weight is 268 g/mol. The Hall–Kier alpha value is -0.861. The molecule has 1 aromatic heterocycles. The van der Waals surface area contributed by atoms with Crippen molar-refractivity contribution >= 4 is 31.7 Å². The molecule has 0 atom stereocenters. The fourth-order valence-corrected chi connectivity index (χ4v) is 2.79. The number of rotatable bonds is 4. The molecule has 15 heavy (non-hydrogen) atoms. The van der Waals surface area contributed by atoms with E-state index in [2.05, 4.69) is 33.2 Å². The van der Waals surface area contributed by atoms with Crippen LogP contribution in [-0.4, -0.2) is 29.0 Å². The molecule has 0 aliphatic heterocycles. The number of hydrogen-bond donors (Lipinski definition) is 1. The number of aromatic nitrogens is 2. The Labute approximate surface area is 96.1 Å². The minimum atomic E-state index is 0.0635. The molecule has 0 unspecified atom stereocenters. The summed E-state index contributed by atoms with van der Waals surface area (Å²) < 4.78 is 8.83. The molecule has 2 aromatic rings. The van der Waals surface area contributed by atoms with Crippen molar-refractivity contribution in [1.29, 1.82) is 0 Å². The Morgan fingerprint density at radius 1 is 1.27 bits per heavy atom. The van der Waals surface area contributed by atoms with Gasteiger partial charge in [-0.2, -0.15) is 0 Å². The molecule has 1 N–H and O–H groups in total. The van der Waals surface area contributed by atoms with Gasteiger partial charge in [0.05, 0.1) is 0 Å². The zero-order chi connectivity index (χ0) is 10.7. The first-order valence-corrected chi connectivity index (χ1v) is 6.86. The van der Waals surface area contributed by atoms with Gasteiger partial charge in [-0.1, -0.05) is 0 Å². The number of nitrogens with one attached hydrogen (secondary N) is 1. The molecule has 1 heterocycles. The van der Waals surface area contributed by atoms with Crippen molar-refractivity contribution in [1.82, 2.24) is 7.96 Å². The van der Waals surface area contributed by atoms with Gasteiger partial charge in [-0.3, -0.25) is 0 Å². The molecule has 0 spiro atoms. The SMILES string of the molecule is CCC(CC)Nc1cccc2n[se]nc12. The molecule has 0 saturated heterocycles. The quantitative estimate of drug-likeness (QED) is 0.864. The van der Waals surface area contributed by atoms with Crippen molar-refractivity contribution in [3.05, 3.63) is 18.2 Å². The average Bonchev–Trinajstić information content (AvgIpc) is 2.74. The molecular weight excluding hydrogens is 253 g/mol. The van der Waals surface area contributed by atoms with Crippen LogP contribution in [0.25, 0.3) is 11.0 Å². The van der Waals surface area contributed by atoms with E-state index in [-0.39, 0.29) is 15.0 Å². The topological polar surface area (TPSA) is 37.8 Å². The van der Waals surface area contributed by atoms with Crippen LogP contribution in [0, 0.1) is 0 Å². The van der Waals surface area contributed by atoms with Crippen molar-refractivity contribution in [3.63, 3.8) is 0 Å². The Morgan fingerprint density at radius 3 is 2.80 bits per heavy atom. The Bertz CT molecular complexity index is 434. The third-order valence-electron chi connectivity index (χ3n) is 2.63. The fraction of sp³-hybridized carbons (Fsp3) is 0.455. The molecule has 1 aromatic carbocycles. The summed E-state index contributed by atoms with van der Waals surface area (Å²) in [6.07, 6.45) is 2.28. The van der Waals surface area contributed by atoms with Gasteiger partial charge in [-0.25, -0.2) is 0 Å². The monoisotopic (exact) mass is 269 g/mol.